The Morgan fingerprint density at radius 2 is 1.80 bits per heavy atom. The first-order valence-electron chi connectivity index (χ1n) is 7.92. The van der Waals surface area contributed by atoms with Crippen LogP contribution >= 0.6 is 0 Å². The molecule has 0 atom stereocenters. The zero-order valence-corrected chi connectivity index (χ0v) is 11.9. The fourth-order valence-electron chi connectivity index (χ4n) is 3.53. The second-order valence-electron chi connectivity index (χ2n) is 6.84. The highest BCUT2D eigenvalue weighted by atomic mass is 19.3. The first-order chi connectivity index (χ1) is 9.52. The molecule has 20 heavy (non-hydrogen) atoms. The third-order valence-corrected chi connectivity index (χ3v) is 5.10. The van der Waals surface area contributed by atoms with E-state index < -0.39 is 5.92 Å². The lowest BCUT2D eigenvalue weighted by Gasteiger charge is -2.40. The molecule has 1 heterocycles. The molecule has 1 saturated heterocycles. The lowest BCUT2D eigenvalue weighted by molar-refractivity contribution is -0.129. The van der Waals surface area contributed by atoms with Gasteiger partial charge < -0.3 is 10.2 Å². The van der Waals surface area contributed by atoms with Gasteiger partial charge in [0.2, 0.25) is 11.8 Å². The fraction of sp³-hybridized carbons (Fsp3) is 0.933. The van der Waals surface area contributed by atoms with Crippen LogP contribution in [0.15, 0.2) is 0 Å². The molecule has 1 N–H and O–H groups in total. The minimum absolute atomic E-state index is 0.0609. The minimum atomic E-state index is -2.40. The van der Waals surface area contributed by atoms with E-state index in [1.807, 2.05) is 0 Å². The molecule has 0 aromatic rings. The minimum Gasteiger partial charge on any atom is -0.353 e. The zero-order chi connectivity index (χ0) is 14.2. The molecule has 1 aliphatic heterocycles. The predicted molar refractivity (Wildman–Crippen MR) is 72.6 cm³/mol. The van der Waals surface area contributed by atoms with Crippen LogP contribution in [0, 0.1) is 11.8 Å². The molecule has 1 amide bonds. The molecular weight excluding hydrogens is 262 g/mol. The van der Waals surface area contributed by atoms with Crippen molar-refractivity contribution in [2.24, 2.45) is 11.8 Å². The summed E-state index contributed by atoms with van der Waals surface area (Å²) in [7, 11) is 0. The number of nitrogens with one attached hydrogen (secondary N) is 1. The second-order valence-corrected chi connectivity index (χ2v) is 6.84. The van der Waals surface area contributed by atoms with Gasteiger partial charge in [-0.2, -0.15) is 0 Å². The van der Waals surface area contributed by atoms with Gasteiger partial charge in [-0.05, 0) is 31.6 Å². The van der Waals surface area contributed by atoms with Gasteiger partial charge in [-0.3, -0.25) is 4.79 Å². The Morgan fingerprint density at radius 1 is 1.15 bits per heavy atom. The molecule has 3 nitrogen and oxygen atoms in total. The van der Waals surface area contributed by atoms with E-state index in [0.29, 0.717) is 6.04 Å². The number of likely N-dealkylation sites (tertiary alicyclic amines) is 1. The average Bonchev–Trinajstić information content (AvgIpc) is 2.27. The summed E-state index contributed by atoms with van der Waals surface area (Å²) in [5.74, 6) is -1.75. The van der Waals surface area contributed by atoms with Crippen LogP contribution in [-0.2, 0) is 4.79 Å². The molecule has 3 aliphatic rings. The third kappa shape index (κ3) is 3.30. The number of carbonyl (C=O) groups is 1. The Bertz CT molecular complexity index is 355. The standard InChI is InChI=1S/C15H24F2N2O/c16-15(17)8-11(9-15)10-19-6-4-13(5-7-19)18-14(20)12-2-1-3-12/h11-13H,1-10H2,(H,18,20). The van der Waals surface area contributed by atoms with Gasteiger partial charge in [0, 0.05) is 44.4 Å². The number of hydrogen-bond acceptors (Lipinski definition) is 2. The molecular formula is C15H24F2N2O. The number of piperidine rings is 1. The van der Waals surface area contributed by atoms with Crippen molar-refractivity contribution in [3.05, 3.63) is 0 Å². The number of halogens is 2. The van der Waals surface area contributed by atoms with Crippen LogP contribution in [0.25, 0.3) is 0 Å². The Labute approximate surface area is 119 Å². The topological polar surface area (TPSA) is 32.3 Å². The molecule has 3 rings (SSSR count). The normalized spacial score (nSPS) is 28.7. The lowest BCUT2D eigenvalue weighted by Crippen LogP contribution is -2.49. The summed E-state index contributed by atoms with van der Waals surface area (Å²) >= 11 is 0. The summed E-state index contributed by atoms with van der Waals surface area (Å²) in [6.45, 7) is 2.66. The first-order valence-corrected chi connectivity index (χ1v) is 7.92. The van der Waals surface area contributed by atoms with E-state index in [1.165, 1.54) is 6.42 Å². The molecule has 0 bridgehead atoms. The van der Waals surface area contributed by atoms with Gasteiger partial charge in [0.05, 0.1) is 0 Å². The monoisotopic (exact) mass is 286 g/mol. The average molecular weight is 286 g/mol. The number of carbonyl (C=O) groups excluding carboxylic acids is 1. The second kappa shape index (κ2) is 5.58. The van der Waals surface area contributed by atoms with E-state index in [1.54, 1.807) is 0 Å². The van der Waals surface area contributed by atoms with Crippen molar-refractivity contribution >= 4 is 5.91 Å². The lowest BCUT2D eigenvalue weighted by atomic mass is 9.80. The van der Waals surface area contributed by atoms with Gasteiger partial charge in [-0.15, -0.1) is 0 Å². The van der Waals surface area contributed by atoms with E-state index in [9.17, 15) is 13.6 Å². The van der Waals surface area contributed by atoms with Crippen molar-refractivity contribution in [1.82, 2.24) is 10.2 Å². The SMILES string of the molecule is O=C(NC1CCN(CC2CC(F)(F)C2)CC1)C1CCC1. The number of rotatable bonds is 4. The maximum absolute atomic E-state index is 12.8. The van der Waals surface area contributed by atoms with E-state index in [-0.39, 0.29) is 30.6 Å². The van der Waals surface area contributed by atoms with E-state index in [0.717, 1.165) is 45.3 Å². The predicted octanol–water partition coefficient (Wildman–Crippen LogP) is 2.41. The Kier molecular flexibility index (Phi) is 3.98. The van der Waals surface area contributed by atoms with Crippen molar-refractivity contribution in [2.45, 2.75) is 56.9 Å². The van der Waals surface area contributed by atoms with E-state index >= 15 is 0 Å². The highest BCUT2D eigenvalue weighted by Crippen LogP contribution is 2.42. The largest absolute Gasteiger partial charge is 0.353 e. The smallest absolute Gasteiger partial charge is 0.248 e. The molecule has 0 aromatic carbocycles. The van der Waals surface area contributed by atoms with Crippen molar-refractivity contribution in [3.8, 4) is 0 Å². The molecule has 5 heteroatoms. The summed E-state index contributed by atoms with van der Waals surface area (Å²) in [6.07, 6.45) is 5.31. The van der Waals surface area contributed by atoms with Crippen LogP contribution in [0.2, 0.25) is 0 Å². The number of alkyl halides is 2. The summed E-state index contributed by atoms with van der Waals surface area (Å²) in [5.41, 5.74) is 0. The Hall–Kier alpha value is -0.710. The molecule has 114 valence electrons. The molecule has 2 aliphatic carbocycles. The number of nitrogens with zero attached hydrogens (tertiary/aromatic N) is 1. The highest BCUT2D eigenvalue weighted by Gasteiger charge is 2.45. The molecule has 2 saturated carbocycles. The molecule has 3 fully saturated rings. The van der Waals surface area contributed by atoms with Crippen LogP contribution in [0.4, 0.5) is 8.78 Å². The van der Waals surface area contributed by atoms with Crippen LogP contribution in [-0.4, -0.2) is 42.4 Å². The molecule has 0 unspecified atom stereocenters. The van der Waals surface area contributed by atoms with E-state index in [4.69, 9.17) is 0 Å². The highest BCUT2D eigenvalue weighted by molar-refractivity contribution is 5.79. The number of amides is 1. The van der Waals surface area contributed by atoms with Gasteiger partial charge >= 0.3 is 0 Å². The number of hydrogen-bond donors (Lipinski definition) is 1. The molecule has 0 aromatic heterocycles. The molecule has 0 spiro atoms. The van der Waals surface area contributed by atoms with Gasteiger partial charge in [0.1, 0.15) is 0 Å². The first kappa shape index (κ1) is 14.2. The molecule has 0 radical (unpaired) electrons. The summed E-state index contributed by atoms with van der Waals surface area (Å²) in [4.78, 5) is 14.2. The van der Waals surface area contributed by atoms with Gasteiger partial charge in [-0.25, -0.2) is 8.78 Å². The van der Waals surface area contributed by atoms with Crippen molar-refractivity contribution in [3.63, 3.8) is 0 Å². The summed E-state index contributed by atoms with van der Waals surface area (Å²) in [6, 6.07) is 0.294. The van der Waals surface area contributed by atoms with Crippen LogP contribution in [0.5, 0.6) is 0 Å². The van der Waals surface area contributed by atoms with E-state index in [2.05, 4.69) is 10.2 Å². The van der Waals surface area contributed by atoms with Crippen molar-refractivity contribution in [1.29, 1.82) is 0 Å². The maximum Gasteiger partial charge on any atom is 0.248 e. The Balaban J connectivity index is 1.33. The summed E-state index contributed by atoms with van der Waals surface area (Å²) in [5, 5.41) is 3.15. The van der Waals surface area contributed by atoms with Gasteiger partial charge in [0.25, 0.3) is 0 Å². The van der Waals surface area contributed by atoms with Crippen LogP contribution < -0.4 is 5.32 Å². The Morgan fingerprint density at radius 3 is 2.30 bits per heavy atom. The fourth-order valence-corrected chi connectivity index (χ4v) is 3.53. The quantitative estimate of drug-likeness (QED) is 0.861. The zero-order valence-electron chi connectivity index (χ0n) is 11.9. The van der Waals surface area contributed by atoms with Crippen LogP contribution in [0.1, 0.15) is 44.9 Å². The maximum atomic E-state index is 12.8. The van der Waals surface area contributed by atoms with Crippen molar-refractivity contribution in [2.75, 3.05) is 19.6 Å². The van der Waals surface area contributed by atoms with Crippen molar-refractivity contribution < 1.29 is 13.6 Å². The van der Waals surface area contributed by atoms with Crippen LogP contribution in [0.3, 0.4) is 0 Å². The summed E-state index contributed by atoms with van der Waals surface area (Å²) < 4.78 is 25.6. The van der Waals surface area contributed by atoms with Gasteiger partial charge in [0.15, 0.2) is 0 Å². The third-order valence-electron chi connectivity index (χ3n) is 5.10. The van der Waals surface area contributed by atoms with Gasteiger partial charge in [-0.1, -0.05) is 6.42 Å².